The van der Waals surface area contributed by atoms with E-state index in [4.69, 9.17) is 4.74 Å². The number of aromatic nitrogens is 6. The van der Waals surface area contributed by atoms with E-state index >= 15 is 0 Å². The van der Waals surface area contributed by atoms with Gasteiger partial charge in [0.2, 0.25) is 0 Å². The Bertz CT molecular complexity index is 1040. The molecule has 31 heavy (non-hydrogen) atoms. The average molecular weight is 428 g/mol. The third-order valence-electron chi connectivity index (χ3n) is 4.16. The molecule has 162 valence electrons. The van der Waals surface area contributed by atoms with E-state index in [0.29, 0.717) is 28.6 Å². The Morgan fingerprint density at radius 2 is 2.00 bits per heavy atom. The molecule has 1 unspecified atom stereocenters. The molecule has 0 bridgehead atoms. The Hall–Kier alpha value is -3.60. The summed E-state index contributed by atoms with van der Waals surface area (Å²) in [5, 5.41) is 12.3. The summed E-state index contributed by atoms with van der Waals surface area (Å²) < 4.78 is 32.7. The van der Waals surface area contributed by atoms with Crippen molar-refractivity contribution in [2.75, 3.05) is 0 Å². The van der Waals surface area contributed by atoms with Crippen molar-refractivity contribution in [1.82, 2.24) is 35.4 Å². The molecule has 1 aliphatic heterocycles. The van der Waals surface area contributed by atoms with Gasteiger partial charge in [0.25, 0.3) is 6.43 Å². The fourth-order valence-electron chi connectivity index (χ4n) is 2.61. The summed E-state index contributed by atoms with van der Waals surface area (Å²) >= 11 is 0. The van der Waals surface area contributed by atoms with Crippen LogP contribution in [0, 0.1) is 6.92 Å². The SMILES string of the molecule is CC.Cc1nnn(-c2ccc(C(F)F)cn2)c1COC1C=CC(c2cnccn2)=NN1. The Morgan fingerprint density at radius 1 is 1.16 bits per heavy atom. The van der Waals surface area contributed by atoms with Crippen LogP contribution in [0.1, 0.15) is 42.9 Å². The Kier molecular flexibility index (Phi) is 7.44. The van der Waals surface area contributed by atoms with E-state index < -0.39 is 12.7 Å². The highest BCUT2D eigenvalue weighted by Gasteiger charge is 2.17. The fourth-order valence-corrected chi connectivity index (χ4v) is 2.61. The van der Waals surface area contributed by atoms with E-state index in [0.717, 1.165) is 6.20 Å². The second kappa shape index (κ2) is 10.4. The van der Waals surface area contributed by atoms with Gasteiger partial charge in [-0.2, -0.15) is 9.78 Å². The minimum atomic E-state index is -2.58. The maximum absolute atomic E-state index is 12.7. The lowest BCUT2D eigenvalue weighted by molar-refractivity contribution is 0.0464. The molecule has 3 aromatic rings. The highest BCUT2D eigenvalue weighted by molar-refractivity contribution is 6.07. The molecule has 0 saturated heterocycles. The minimum absolute atomic E-state index is 0.156. The van der Waals surface area contributed by atoms with Gasteiger partial charge in [0.1, 0.15) is 11.4 Å². The number of hydrogen-bond donors (Lipinski definition) is 1. The highest BCUT2D eigenvalue weighted by Crippen LogP contribution is 2.19. The number of alkyl halides is 2. The van der Waals surface area contributed by atoms with E-state index in [1.807, 2.05) is 13.8 Å². The van der Waals surface area contributed by atoms with Gasteiger partial charge in [-0.05, 0) is 31.2 Å². The van der Waals surface area contributed by atoms with Gasteiger partial charge < -0.3 is 4.74 Å². The predicted octanol–water partition coefficient (Wildman–Crippen LogP) is 3.13. The van der Waals surface area contributed by atoms with E-state index in [2.05, 4.69) is 35.8 Å². The normalized spacial score (nSPS) is 15.2. The summed E-state index contributed by atoms with van der Waals surface area (Å²) in [5.41, 5.74) is 5.32. The fraction of sp³-hybridized carbons (Fsp3) is 0.300. The Labute approximate surface area is 177 Å². The standard InChI is InChI=1S/C18H16F2N8O.C2H6/c1-11-15(28(27-24-11)16-4-2-12(8-23-16)18(19)20)10-29-17-5-3-13(25-26-17)14-9-21-6-7-22-14;1-2/h2-9,17-18,26H,10H2,1H3;1-2H3. The first-order valence-corrected chi connectivity index (χ1v) is 9.67. The van der Waals surface area contributed by atoms with Crippen LogP contribution in [0.15, 0.2) is 54.2 Å². The minimum Gasteiger partial charge on any atom is -0.347 e. The number of pyridine rings is 1. The van der Waals surface area contributed by atoms with Crippen LogP contribution in [0.25, 0.3) is 5.82 Å². The maximum Gasteiger partial charge on any atom is 0.265 e. The van der Waals surface area contributed by atoms with E-state index in [9.17, 15) is 8.78 Å². The zero-order chi connectivity index (χ0) is 22.2. The average Bonchev–Trinajstić information content (AvgIpc) is 3.20. The van der Waals surface area contributed by atoms with Crippen molar-refractivity contribution >= 4 is 5.71 Å². The first-order valence-electron chi connectivity index (χ1n) is 9.67. The second-order valence-electron chi connectivity index (χ2n) is 6.09. The Morgan fingerprint density at radius 3 is 2.61 bits per heavy atom. The molecule has 0 saturated carbocycles. The topological polar surface area (TPSA) is 103 Å². The molecule has 0 spiro atoms. The lowest BCUT2D eigenvalue weighted by Crippen LogP contribution is -2.30. The van der Waals surface area contributed by atoms with Crippen LogP contribution in [0.2, 0.25) is 0 Å². The van der Waals surface area contributed by atoms with E-state index in [1.165, 1.54) is 16.8 Å². The zero-order valence-corrected chi connectivity index (χ0v) is 17.3. The van der Waals surface area contributed by atoms with Crippen molar-refractivity contribution in [1.29, 1.82) is 0 Å². The largest absolute Gasteiger partial charge is 0.347 e. The van der Waals surface area contributed by atoms with Crippen molar-refractivity contribution in [3.8, 4) is 5.82 Å². The molecule has 0 radical (unpaired) electrons. The van der Waals surface area contributed by atoms with E-state index in [1.54, 1.807) is 37.7 Å². The molecule has 0 fully saturated rings. The van der Waals surface area contributed by atoms with Gasteiger partial charge in [0.05, 0.1) is 24.2 Å². The second-order valence-corrected chi connectivity index (χ2v) is 6.09. The van der Waals surface area contributed by atoms with Crippen molar-refractivity contribution in [3.63, 3.8) is 0 Å². The molecule has 3 aromatic heterocycles. The maximum atomic E-state index is 12.7. The molecule has 4 rings (SSSR count). The molecular formula is C20H22F2N8O. The molecule has 1 aliphatic rings. The molecule has 4 heterocycles. The number of hydrazone groups is 1. The van der Waals surface area contributed by atoms with Crippen molar-refractivity contribution in [2.24, 2.45) is 5.10 Å². The molecule has 1 atom stereocenters. The summed E-state index contributed by atoms with van der Waals surface area (Å²) in [6, 6.07) is 2.78. The predicted molar refractivity (Wildman–Crippen MR) is 110 cm³/mol. The number of rotatable bonds is 6. The molecule has 0 aliphatic carbocycles. The van der Waals surface area contributed by atoms with Gasteiger partial charge in [0, 0.05) is 24.2 Å². The smallest absolute Gasteiger partial charge is 0.265 e. The summed E-state index contributed by atoms with van der Waals surface area (Å²) in [6.07, 6.45) is 6.47. The van der Waals surface area contributed by atoms with E-state index in [-0.39, 0.29) is 12.2 Å². The summed E-state index contributed by atoms with van der Waals surface area (Å²) in [6.45, 7) is 5.94. The number of nitrogens with zero attached hydrogens (tertiary/aromatic N) is 7. The number of aryl methyl sites for hydroxylation is 1. The van der Waals surface area contributed by atoms with Crippen LogP contribution in [0.5, 0.6) is 0 Å². The first kappa shape index (κ1) is 22.1. The van der Waals surface area contributed by atoms with Gasteiger partial charge in [0.15, 0.2) is 12.0 Å². The lowest BCUT2D eigenvalue weighted by Gasteiger charge is -2.18. The van der Waals surface area contributed by atoms with Crippen LogP contribution in [0.4, 0.5) is 8.78 Å². The zero-order valence-electron chi connectivity index (χ0n) is 17.3. The van der Waals surface area contributed by atoms with Crippen molar-refractivity contribution in [2.45, 2.75) is 40.0 Å². The molecule has 0 amide bonds. The van der Waals surface area contributed by atoms with Crippen LogP contribution in [-0.2, 0) is 11.3 Å². The molecule has 0 aromatic carbocycles. The number of allylic oxidation sites excluding steroid dienone is 1. The van der Waals surface area contributed by atoms with Gasteiger partial charge in [-0.1, -0.05) is 19.1 Å². The number of hydrogen-bond acceptors (Lipinski definition) is 8. The number of halogens is 2. The third kappa shape index (κ3) is 5.31. The van der Waals surface area contributed by atoms with Crippen LogP contribution < -0.4 is 5.43 Å². The van der Waals surface area contributed by atoms with Gasteiger partial charge in [-0.15, -0.1) is 5.10 Å². The molecule has 1 N–H and O–H groups in total. The Balaban J connectivity index is 0.00000132. The molecular weight excluding hydrogens is 406 g/mol. The summed E-state index contributed by atoms with van der Waals surface area (Å²) in [7, 11) is 0. The van der Waals surface area contributed by atoms with Crippen molar-refractivity contribution < 1.29 is 13.5 Å². The third-order valence-corrected chi connectivity index (χ3v) is 4.16. The van der Waals surface area contributed by atoms with Crippen LogP contribution >= 0.6 is 0 Å². The quantitative estimate of drug-likeness (QED) is 0.643. The summed E-state index contributed by atoms with van der Waals surface area (Å²) in [5.74, 6) is 0.378. The van der Waals surface area contributed by atoms with Gasteiger partial charge >= 0.3 is 0 Å². The monoisotopic (exact) mass is 428 g/mol. The highest BCUT2D eigenvalue weighted by atomic mass is 19.3. The number of ether oxygens (including phenoxy) is 1. The lowest BCUT2D eigenvalue weighted by atomic mass is 10.2. The number of nitrogens with one attached hydrogen (secondary N) is 1. The van der Waals surface area contributed by atoms with Crippen LogP contribution in [-0.4, -0.2) is 41.9 Å². The molecule has 9 nitrogen and oxygen atoms in total. The summed E-state index contributed by atoms with van der Waals surface area (Å²) in [4.78, 5) is 12.2. The molecule has 11 heteroatoms. The van der Waals surface area contributed by atoms with Crippen molar-refractivity contribution in [3.05, 3.63) is 71.7 Å². The van der Waals surface area contributed by atoms with Gasteiger partial charge in [-0.25, -0.2) is 13.8 Å². The van der Waals surface area contributed by atoms with Crippen LogP contribution in [0.3, 0.4) is 0 Å². The van der Waals surface area contributed by atoms with Gasteiger partial charge in [-0.3, -0.25) is 15.4 Å². The first-order chi connectivity index (χ1) is 15.1.